The molecule has 5 nitrogen and oxygen atoms in total. The molecule has 2 aliphatic rings. The van der Waals surface area contributed by atoms with Crippen LogP contribution in [-0.4, -0.2) is 41.0 Å². The zero-order valence-corrected chi connectivity index (χ0v) is 11.3. The number of carbonyl (C=O) groups is 2. The van der Waals surface area contributed by atoms with E-state index in [4.69, 9.17) is 0 Å². The molecular formula is C15H18N2O3. The molecule has 2 fully saturated rings. The quantitative estimate of drug-likeness (QED) is 0.830. The molecule has 0 aliphatic carbocycles. The molecule has 0 aromatic heterocycles. The Kier molecular flexibility index (Phi) is 3.44. The van der Waals surface area contributed by atoms with E-state index in [2.05, 4.69) is 4.90 Å². The lowest BCUT2D eigenvalue weighted by atomic mass is 10.1. The summed E-state index contributed by atoms with van der Waals surface area (Å²) in [5.41, 5.74) is 0.458. The van der Waals surface area contributed by atoms with E-state index < -0.39 is 0 Å². The first-order chi connectivity index (χ1) is 9.66. The zero-order chi connectivity index (χ0) is 14.1. The second-order valence-corrected chi connectivity index (χ2v) is 5.40. The molecule has 3 rings (SSSR count). The first-order valence-electron chi connectivity index (χ1n) is 7.07. The van der Waals surface area contributed by atoms with Crippen molar-refractivity contribution < 1.29 is 14.7 Å². The Balaban J connectivity index is 1.83. The predicted molar refractivity (Wildman–Crippen MR) is 74.4 cm³/mol. The van der Waals surface area contributed by atoms with Crippen LogP contribution in [0.25, 0.3) is 0 Å². The summed E-state index contributed by atoms with van der Waals surface area (Å²) >= 11 is 0. The number of carbonyl (C=O) groups excluding carboxylic acids is 2. The predicted octanol–water partition coefficient (Wildman–Crippen LogP) is 1.51. The fraction of sp³-hybridized carbons (Fsp3) is 0.467. The summed E-state index contributed by atoms with van der Waals surface area (Å²) < 4.78 is 0. The molecule has 1 atom stereocenters. The van der Waals surface area contributed by atoms with Crippen LogP contribution in [0.1, 0.15) is 25.7 Å². The Morgan fingerprint density at radius 3 is 2.55 bits per heavy atom. The molecule has 106 valence electrons. The number of likely N-dealkylation sites (tertiary alicyclic amines) is 1. The fourth-order valence-corrected chi connectivity index (χ4v) is 3.03. The van der Waals surface area contributed by atoms with Crippen molar-refractivity contribution in [1.82, 2.24) is 4.90 Å². The minimum atomic E-state index is -0.329. The molecule has 20 heavy (non-hydrogen) atoms. The number of rotatable bonds is 2. The lowest BCUT2D eigenvalue weighted by Gasteiger charge is -2.30. The number of anilines is 1. The number of amides is 2. The molecule has 5 heteroatoms. The van der Waals surface area contributed by atoms with Crippen LogP contribution in [0.15, 0.2) is 24.3 Å². The topological polar surface area (TPSA) is 60.9 Å². The van der Waals surface area contributed by atoms with E-state index in [1.165, 1.54) is 23.5 Å². The maximum Gasteiger partial charge on any atom is 0.251 e. The molecule has 0 bridgehead atoms. The van der Waals surface area contributed by atoms with Crippen molar-refractivity contribution in [3.63, 3.8) is 0 Å². The normalized spacial score (nSPS) is 24.4. The van der Waals surface area contributed by atoms with Crippen molar-refractivity contribution in [2.45, 2.75) is 31.7 Å². The number of benzene rings is 1. The van der Waals surface area contributed by atoms with Crippen LogP contribution in [0.4, 0.5) is 5.69 Å². The third kappa shape index (κ3) is 2.29. The summed E-state index contributed by atoms with van der Waals surface area (Å²) in [7, 11) is 0. The maximum absolute atomic E-state index is 12.5. The Hall–Kier alpha value is -1.88. The summed E-state index contributed by atoms with van der Waals surface area (Å²) in [6.45, 7) is 1.77. The molecule has 0 spiro atoms. The molecule has 2 aliphatic heterocycles. The highest BCUT2D eigenvalue weighted by atomic mass is 16.3. The second kappa shape index (κ2) is 5.25. The molecule has 1 aromatic carbocycles. The van der Waals surface area contributed by atoms with Gasteiger partial charge in [-0.25, -0.2) is 4.90 Å². The van der Waals surface area contributed by atoms with Crippen LogP contribution < -0.4 is 4.90 Å². The van der Waals surface area contributed by atoms with Crippen LogP contribution >= 0.6 is 0 Å². The maximum atomic E-state index is 12.5. The summed E-state index contributed by atoms with van der Waals surface area (Å²) in [4.78, 5) is 28.0. The number of piperidine rings is 1. The molecular weight excluding hydrogens is 256 g/mol. The zero-order valence-electron chi connectivity index (χ0n) is 11.3. The molecule has 1 N–H and O–H groups in total. The number of aromatic hydroxyl groups is 1. The molecule has 0 unspecified atom stereocenters. The molecule has 2 heterocycles. The SMILES string of the molecule is O=C1C[C@@H](N2CCCCC2)C(=O)N1c1cccc(O)c1. The first kappa shape index (κ1) is 13.1. The minimum Gasteiger partial charge on any atom is -0.508 e. The van der Waals surface area contributed by atoms with Gasteiger partial charge in [-0.15, -0.1) is 0 Å². The summed E-state index contributed by atoms with van der Waals surface area (Å²) in [6, 6.07) is 5.96. The van der Waals surface area contributed by atoms with Gasteiger partial charge < -0.3 is 5.11 Å². The highest BCUT2D eigenvalue weighted by Gasteiger charge is 2.42. The van der Waals surface area contributed by atoms with Crippen molar-refractivity contribution in [1.29, 1.82) is 0 Å². The molecule has 2 amide bonds. The monoisotopic (exact) mass is 274 g/mol. The third-order valence-corrected chi connectivity index (χ3v) is 4.04. The Labute approximate surface area is 117 Å². The Morgan fingerprint density at radius 2 is 1.85 bits per heavy atom. The number of nitrogens with zero attached hydrogens (tertiary/aromatic N) is 2. The van der Waals surface area contributed by atoms with E-state index in [1.54, 1.807) is 12.1 Å². The van der Waals surface area contributed by atoms with Gasteiger partial charge in [-0.1, -0.05) is 12.5 Å². The van der Waals surface area contributed by atoms with Crippen molar-refractivity contribution >= 4 is 17.5 Å². The van der Waals surface area contributed by atoms with Gasteiger partial charge in [0.1, 0.15) is 5.75 Å². The highest BCUT2D eigenvalue weighted by Crippen LogP contribution is 2.29. The van der Waals surface area contributed by atoms with Gasteiger partial charge in [0.05, 0.1) is 18.2 Å². The number of phenols is 1. The standard InChI is InChI=1S/C15H18N2O3/c18-12-6-4-5-11(9-12)17-14(19)10-13(15(17)20)16-7-2-1-3-8-16/h4-6,9,13,18H,1-3,7-8,10H2/t13-/m1/s1. The number of hydrogen-bond donors (Lipinski definition) is 1. The van der Waals surface area contributed by atoms with E-state index in [1.807, 2.05) is 0 Å². The summed E-state index contributed by atoms with van der Waals surface area (Å²) in [6.07, 6.45) is 3.62. The van der Waals surface area contributed by atoms with E-state index >= 15 is 0 Å². The minimum absolute atomic E-state index is 0.0597. The summed E-state index contributed by atoms with van der Waals surface area (Å²) in [5, 5.41) is 9.50. The van der Waals surface area contributed by atoms with Gasteiger partial charge in [-0.3, -0.25) is 14.5 Å². The van der Waals surface area contributed by atoms with Gasteiger partial charge in [0.25, 0.3) is 5.91 Å². The van der Waals surface area contributed by atoms with Crippen molar-refractivity contribution in [3.05, 3.63) is 24.3 Å². The van der Waals surface area contributed by atoms with Gasteiger partial charge >= 0.3 is 0 Å². The average Bonchev–Trinajstić information content (AvgIpc) is 2.75. The third-order valence-electron chi connectivity index (χ3n) is 4.04. The van der Waals surface area contributed by atoms with E-state index in [9.17, 15) is 14.7 Å². The van der Waals surface area contributed by atoms with Crippen LogP contribution in [-0.2, 0) is 9.59 Å². The van der Waals surface area contributed by atoms with Gasteiger partial charge in [0.2, 0.25) is 5.91 Å². The van der Waals surface area contributed by atoms with Crippen LogP contribution in [0.3, 0.4) is 0 Å². The summed E-state index contributed by atoms with van der Waals surface area (Å²) in [5.74, 6) is -0.289. The van der Waals surface area contributed by atoms with Gasteiger partial charge in [-0.2, -0.15) is 0 Å². The van der Waals surface area contributed by atoms with Crippen molar-refractivity contribution in [2.75, 3.05) is 18.0 Å². The second-order valence-electron chi connectivity index (χ2n) is 5.40. The molecule has 0 saturated carbocycles. The van der Waals surface area contributed by atoms with Gasteiger partial charge in [0.15, 0.2) is 0 Å². The van der Waals surface area contributed by atoms with Crippen LogP contribution in [0, 0.1) is 0 Å². The first-order valence-corrected chi connectivity index (χ1v) is 7.07. The van der Waals surface area contributed by atoms with E-state index in [0.29, 0.717) is 5.69 Å². The van der Waals surface area contributed by atoms with Gasteiger partial charge in [0, 0.05) is 6.07 Å². The van der Waals surface area contributed by atoms with Gasteiger partial charge in [-0.05, 0) is 38.1 Å². The van der Waals surface area contributed by atoms with Crippen LogP contribution in [0.2, 0.25) is 0 Å². The Morgan fingerprint density at radius 1 is 1.10 bits per heavy atom. The number of phenolic OH excluding ortho intramolecular Hbond substituents is 1. The van der Waals surface area contributed by atoms with E-state index in [0.717, 1.165) is 25.9 Å². The average molecular weight is 274 g/mol. The van der Waals surface area contributed by atoms with E-state index in [-0.39, 0.29) is 30.0 Å². The molecule has 2 saturated heterocycles. The largest absolute Gasteiger partial charge is 0.508 e. The highest BCUT2D eigenvalue weighted by molar-refractivity contribution is 6.22. The lowest BCUT2D eigenvalue weighted by molar-refractivity contribution is -0.123. The number of imide groups is 1. The fourth-order valence-electron chi connectivity index (χ4n) is 3.03. The van der Waals surface area contributed by atoms with Crippen molar-refractivity contribution in [3.8, 4) is 5.75 Å². The van der Waals surface area contributed by atoms with Crippen LogP contribution in [0.5, 0.6) is 5.75 Å². The smallest absolute Gasteiger partial charge is 0.251 e. The molecule has 0 radical (unpaired) electrons. The van der Waals surface area contributed by atoms with Crippen molar-refractivity contribution in [2.24, 2.45) is 0 Å². The lowest BCUT2D eigenvalue weighted by Crippen LogP contribution is -2.44. The number of hydrogen-bond acceptors (Lipinski definition) is 4. The Bertz CT molecular complexity index is 538. The molecule has 1 aromatic rings.